The average Bonchev–Trinajstić information content (AvgIpc) is 2.81. The molecule has 0 aliphatic carbocycles. The molecule has 1 N–H and O–H groups in total. The van der Waals surface area contributed by atoms with Crippen molar-refractivity contribution < 1.29 is 4.79 Å². The van der Waals surface area contributed by atoms with Crippen LogP contribution in [0.2, 0.25) is 0 Å². The standard InChI is InChI=1S/C12H23N3O/c1-10(2)12(16)15-7-5-14(6-8-15)11-3-4-13-9-11/h10-11,13H,3-9H2,1-2H3. The quantitative estimate of drug-likeness (QED) is 0.726. The smallest absolute Gasteiger partial charge is 0.225 e. The van der Waals surface area contributed by atoms with Crippen molar-refractivity contribution >= 4 is 5.91 Å². The molecule has 4 nitrogen and oxygen atoms in total. The summed E-state index contributed by atoms with van der Waals surface area (Å²) in [5.74, 6) is 0.448. The van der Waals surface area contributed by atoms with Crippen LogP contribution in [0.25, 0.3) is 0 Å². The van der Waals surface area contributed by atoms with E-state index in [0.29, 0.717) is 11.9 Å². The van der Waals surface area contributed by atoms with Crippen LogP contribution in [-0.4, -0.2) is 61.0 Å². The molecule has 2 heterocycles. The fourth-order valence-electron chi connectivity index (χ4n) is 2.62. The Morgan fingerprint density at radius 1 is 1.25 bits per heavy atom. The number of nitrogens with zero attached hydrogens (tertiary/aromatic N) is 2. The molecule has 1 amide bonds. The topological polar surface area (TPSA) is 35.6 Å². The summed E-state index contributed by atoms with van der Waals surface area (Å²) in [6, 6.07) is 0.705. The van der Waals surface area contributed by atoms with Crippen molar-refractivity contribution in [1.82, 2.24) is 15.1 Å². The van der Waals surface area contributed by atoms with Gasteiger partial charge in [-0.3, -0.25) is 9.69 Å². The van der Waals surface area contributed by atoms with Gasteiger partial charge in [-0.05, 0) is 13.0 Å². The van der Waals surface area contributed by atoms with Crippen LogP contribution in [-0.2, 0) is 4.79 Å². The van der Waals surface area contributed by atoms with Gasteiger partial charge in [0, 0.05) is 44.7 Å². The Kier molecular flexibility index (Phi) is 3.82. The largest absolute Gasteiger partial charge is 0.340 e. The van der Waals surface area contributed by atoms with E-state index in [4.69, 9.17) is 0 Å². The van der Waals surface area contributed by atoms with Gasteiger partial charge in [0.25, 0.3) is 0 Å². The maximum atomic E-state index is 11.8. The van der Waals surface area contributed by atoms with Crippen LogP contribution in [0.1, 0.15) is 20.3 Å². The molecular weight excluding hydrogens is 202 g/mol. The zero-order valence-electron chi connectivity index (χ0n) is 10.4. The van der Waals surface area contributed by atoms with Gasteiger partial charge in [-0.2, -0.15) is 0 Å². The Morgan fingerprint density at radius 3 is 2.44 bits per heavy atom. The summed E-state index contributed by atoms with van der Waals surface area (Å²) < 4.78 is 0. The van der Waals surface area contributed by atoms with Crippen LogP contribution >= 0.6 is 0 Å². The Hall–Kier alpha value is -0.610. The molecule has 0 aromatic heterocycles. The summed E-state index contributed by atoms with van der Waals surface area (Å²) in [7, 11) is 0. The van der Waals surface area contributed by atoms with E-state index < -0.39 is 0 Å². The van der Waals surface area contributed by atoms with Crippen LogP contribution in [0.5, 0.6) is 0 Å². The summed E-state index contributed by atoms with van der Waals surface area (Å²) in [6.07, 6.45) is 1.26. The molecule has 0 aromatic rings. The molecule has 16 heavy (non-hydrogen) atoms. The number of carbonyl (C=O) groups is 1. The van der Waals surface area contributed by atoms with Gasteiger partial charge < -0.3 is 10.2 Å². The minimum Gasteiger partial charge on any atom is -0.340 e. The van der Waals surface area contributed by atoms with Gasteiger partial charge in [-0.1, -0.05) is 13.8 Å². The Labute approximate surface area is 98.0 Å². The number of piperazine rings is 1. The van der Waals surface area contributed by atoms with Gasteiger partial charge in [0.2, 0.25) is 5.91 Å². The van der Waals surface area contributed by atoms with Crippen molar-refractivity contribution in [2.45, 2.75) is 26.3 Å². The lowest BCUT2D eigenvalue weighted by atomic mass is 10.1. The Bertz CT molecular complexity index is 241. The predicted molar refractivity (Wildman–Crippen MR) is 64.3 cm³/mol. The molecule has 2 aliphatic heterocycles. The maximum absolute atomic E-state index is 11.8. The molecule has 4 heteroatoms. The minimum atomic E-state index is 0.139. The second kappa shape index (κ2) is 5.15. The number of rotatable bonds is 2. The summed E-state index contributed by atoms with van der Waals surface area (Å²) in [5.41, 5.74) is 0. The molecule has 0 spiro atoms. The lowest BCUT2D eigenvalue weighted by Gasteiger charge is -2.38. The van der Waals surface area contributed by atoms with E-state index in [0.717, 1.165) is 39.3 Å². The fraction of sp³-hybridized carbons (Fsp3) is 0.917. The third kappa shape index (κ3) is 2.55. The average molecular weight is 225 g/mol. The molecule has 0 saturated carbocycles. The van der Waals surface area contributed by atoms with Crippen LogP contribution in [0.3, 0.4) is 0 Å². The third-order valence-electron chi connectivity index (χ3n) is 3.67. The second-order valence-electron chi connectivity index (χ2n) is 5.16. The predicted octanol–water partition coefficient (Wildman–Crippen LogP) is 0.149. The summed E-state index contributed by atoms with van der Waals surface area (Å²) in [4.78, 5) is 16.4. The number of nitrogens with one attached hydrogen (secondary N) is 1. The van der Waals surface area contributed by atoms with E-state index in [-0.39, 0.29) is 5.92 Å². The van der Waals surface area contributed by atoms with E-state index in [1.54, 1.807) is 0 Å². The van der Waals surface area contributed by atoms with E-state index in [1.165, 1.54) is 6.42 Å². The fourth-order valence-corrected chi connectivity index (χ4v) is 2.62. The first-order valence-corrected chi connectivity index (χ1v) is 6.42. The first-order valence-electron chi connectivity index (χ1n) is 6.42. The highest BCUT2D eigenvalue weighted by molar-refractivity contribution is 5.78. The zero-order valence-corrected chi connectivity index (χ0v) is 10.4. The van der Waals surface area contributed by atoms with E-state index >= 15 is 0 Å². The molecule has 1 atom stereocenters. The maximum Gasteiger partial charge on any atom is 0.225 e. The van der Waals surface area contributed by atoms with Gasteiger partial charge >= 0.3 is 0 Å². The lowest BCUT2D eigenvalue weighted by Crippen LogP contribution is -2.53. The molecule has 92 valence electrons. The van der Waals surface area contributed by atoms with E-state index in [9.17, 15) is 4.79 Å². The molecule has 2 aliphatic rings. The molecule has 0 aromatic carbocycles. The lowest BCUT2D eigenvalue weighted by molar-refractivity contribution is -0.136. The highest BCUT2D eigenvalue weighted by atomic mass is 16.2. The van der Waals surface area contributed by atoms with Gasteiger partial charge in [-0.25, -0.2) is 0 Å². The molecule has 2 fully saturated rings. The van der Waals surface area contributed by atoms with Gasteiger partial charge in [0.1, 0.15) is 0 Å². The Balaban J connectivity index is 1.80. The van der Waals surface area contributed by atoms with Crippen LogP contribution in [0.4, 0.5) is 0 Å². The molecule has 2 saturated heterocycles. The highest BCUT2D eigenvalue weighted by Gasteiger charge is 2.28. The van der Waals surface area contributed by atoms with Crippen molar-refractivity contribution in [1.29, 1.82) is 0 Å². The SMILES string of the molecule is CC(C)C(=O)N1CCN(C2CCNC2)CC1. The Morgan fingerprint density at radius 2 is 1.94 bits per heavy atom. The van der Waals surface area contributed by atoms with Crippen molar-refractivity contribution in [2.75, 3.05) is 39.3 Å². The number of amides is 1. The van der Waals surface area contributed by atoms with Crippen LogP contribution in [0.15, 0.2) is 0 Å². The molecule has 0 radical (unpaired) electrons. The number of hydrogen-bond donors (Lipinski definition) is 1. The third-order valence-corrected chi connectivity index (χ3v) is 3.67. The first-order chi connectivity index (χ1) is 7.68. The van der Waals surface area contributed by atoms with Crippen LogP contribution in [0, 0.1) is 5.92 Å². The number of carbonyl (C=O) groups excluding carboxylic acids is 1. The highest BCUT2D eigenvalue weighted by Crippen LogP contribution is 2.13. The summed E-state index contributed by atoms with van der Waals surface area (Å²) in [5, 5.41) is 3.40. The van der Waals surface area contributed by atoms with Crippen molar-refractivity contribution in [3.8, 4) is 0 Å². The van der Waals surface area contributed by atoms with Crippen molar-refractivity contribution in [3.05, 3.63) is 0 Å². The number of hydrogen-bond acceptors (Lipinski definition) is 3. The van der Waals surface area contributed by atoms with Crippen molar-refractivity contribution in [2.24, 2.45) is 5.92 Å². The van der Waals surface area contributed by atoms with Gasteiger partial charge in [0.15, 0.2) is 0 Å². The van der Waals surface area contributed by atoms with Gasteiger partial charge in [-0.15, -0.1) is 0 Å². The van der Waals surface area contributed by atoms with E-state index in [1.807, 2.05) is 18.7 Å². The molecule has 2 rings (SSSR count). The second-order valence-corrected chi connectivity index (χ2v) is 5.16. The first kappa shape index (κ1) is 11.9. The van der Waals surface area contributed by atoms with Crippen molar-refractivity contribution in [3.63, 3.8) is 0 Å². The molecule has 1 unspecified atom stereocenters. The minimum absolute atomic E-state index is 0.139. The zero-order chi connectivity index (χ0) is 11.5. The molecule has 0 bridgehead atoms. The van der Waals surface area contributed by atoms with E-state index in [2.05, 4.69) is 10.2 Å². The normalized spacial score (nSPS) is 27.7. The summed E-state index contributed by atoms with van der Waals surface area (Å²) >= 11 is 0. The van der Waals surface area contributed by atoms with Crippen LogP contribution < -0.4 is 5.32 Å². The monoisotopic (exact) mass is 225 g/mol. The summed E-state index contributed by atoms with van der Waals surface area (Å²) in [6.45, 7) is 10.1. The van der Waals surface area contributed by atoms with Gasteiger partial charge in [0.05, 0.1) is 0 Å². The molecular formula is C12H23N3O.